The van der Waals surface area contributed by atoms with Crippen LogP contribution in [0.4, 0.5) is 0 Å². The zero-order valence-corrected chi connectivity index (χ0v) is 16.3. The fourth-order valence-corrected chi connectivity index (χ4v) is 1.10. The molecule has 1 aliphatic heterocycles. The van der Waals surface area contributed by atoms with Gasteiger partial charge in [-0.15, -0.1) is 0 Å². The summed E-state index contributed by atoms with van der Waals surface area (Å²) in [5, 5.41) is 9.61. The van der Waals surface area contributed by atoms with Crippen molar-refractivity contribution in [2.24, 2.45) is 0 Å². The molecule has 1 rings (SSSR count). The minimum atomic E-state index is -0.724. The second kappa shape index (κ2) is 11.2. The Hall–Kier alpha value is 1.10. The predicted molar refractivity (Wildman–Crippen MR) is 54.5 cm³/mol. The smallest absolute Gasteiger partial charge is 0.0771 e. The summed E-state index contributed by atoms with van der Waals surface area (Å²) in [4.78, 5) is 0. The molecule has 1 saturated heterocycles. The van der Waals surface area contributed by atoms with E-state index < -0.39 is 18.3 Å². The van der Waals surface area contributed by atoms with Gasteiger partial charge >= 0.3 is 0 Å². The molecule has 0 saturated carbocycles. The van der Waals surface area contributed by atoms with E-state index in [1.807, 2.05) is 31.2 Å². The number of hydrogen-bond acceptors (Lipinski definition) is 3. The molecule has 0 aromatic rings. The molecule has 1 unspecified atom stereocenters. The molecule has 3 atom stereocenters. The Morgan fingerprint density at radius 3 is 2.88 bits per heavy atom. The van der Waals surface area contributed by atoms with Crippen molar-refractivity contribution in [2.45, 2.75) is 32.1 Å². The predicted octanol–water partition coefficient (Wildman–Crippen LogP) is 1.44. The summed E-state index contributed by atoms with van der Waals surface area (Å²) in [5.74, 6) is 0. The molecule has 0 aromatic carbocycles. The molecule has 0 amide bonds. The van der Waals surface area contributed by atoms with Crippen molar-refractivity contribution in [3.05, 3.63) is 30.9 Å². The third-order valence-electron chi connectivity index (χ3n) is 1.93. The second-order valence-electron chi connectivity index (χ2n) is 3.05. The number of ether oxygens (including phenoxy) is 2. The van der Waals surface area contributed by atoms with Crippen LogP contribution in [0.5, 0.6) is 0 Å². The van der Waals surface area contributed by atoms with E-state index in [1.54, 1.807) is 0 Å². The van der Waals surface area contributed by atoms with Crippen LogP contribution >= 0.6 is 0 Å². The molecule has 3 nitrogen and oxygen atoms in total. The first-order valence-electron chi connectivity index (χ1n) is 5.35. The molecule has 0 radical (unpaired) electrons. The summed E-state index contributed by atoms with van der Waals surface area (Å²) in [6.07, 6.45) is 5.97. The number of allylic oxidation sites excluding steroid dienone is 3. The van der Waals surface area contributed by atoms with Crippen LogP contribution in [0, 0.1) is 37.7 Å². The Labute approximate surface area is 137 Å². The summed E-state index contributed by atoms with van der Waals surface area (Å²) in [5.41, 5.74) is 0. The molecule has 0 bridgehead atoms. The summed E-state index contributed by atoms with van der Waals surface area (Å²) in [6.45, 7) is 3.88. The average Bonchev–Trinajstić information content (AvgIpc) is 2.60. The minimum absolute atomic E-state index is 0. The van der Waals surface area contributed by atoms with Gasteiger partial charge in [0.2, 0.25) is 0 Å². The molecule has 1 aliphatic rings. The average molecular weight is 621 g/mol. The zero-order valence-electron chi connectivity index (χ0n) is 10.2. The molecule has 0 aromatic heterocycles. The van der Waals surface area contributed by atoms with E-state index in [0.717, 1.165) is 0 Å². The molecule has 0 spiro atoms. The summed E-state index contributed by atoms with van der Waals surface area (Å²) < 4.78 is 17.5. The van der Waals surface area contributed by atoms with Crippen LogP contribution in [-0.2, 0) is 30.5 Å². The molecular formula is C11H17O3UW-. The molecule has 1 N–H and O–H groups in total. The second-order valence-corrected chi connectivity index (χ2v) is 3.05. The quantitative estimate of drug-likeness (QED) is 0.382. The van der Waals surface area contributed by atoms with Gasteiger partial charge in [0.1, 0.15) is 0 Å². The maximum absolute atomic E-state index is 9.61. The zero-order chi connectivity index (χ0) is 11.1. The van der Waals surface area contributed by atoms with Gasteiger partial charge in [-0.05, 0) is 19.9 Å². The topological polar surface area (TPSA) is 38.7 Å². The monoisotopic (exact) mass is 621 g/mol. The first kappa shape index (κ1) is 17.1. The molecule has 90 valence electrons. The summed E-state index contributed by atoms with van der Waals surface area (Å²) in [6, 6.07) is 0. The number of aliphatic hydroxyl groups is 1. The number of rotatable bonds is 4. The molecular weight excluding hydrogens is 602 g/mol. The van der Waals surface area contributed by atoms with Crippen molar-refractivity contribution in [3.63, 3.8) is 0 Å². The van der Waals surface area contributed by atoms with Gasteiger partial charge in [0.25, 0.3) is 0 Å². The van der Waals surface area contributed by atoms with Gasteiger partial charge in [0.05, 0.1) is 12.7 Å². The molecule has 1 heterocycles. The van der Waals surface area contributed by atoms with Crippen LogP contribution in [0.25, 0.3) is 0 Å². The van der Waals surface area contributed by atoms with E-state index in [0.29, 0.717) is 6.61 Å². The van der Waals surface area contributed by atoms with Crippen molar-refractivity contribution in [3.8, 4) is 0 Å². The van der Waals surface area contributed by atoms with Crippen molar-refractivity contribution in [2.75, 3.05) is 6.61 Å². The van der Waals surface area contributed by atoms with Gasteiger partial charge in [-0.2, -0.15) is 6.61 Å². The maximum Gasteiger partial charge on any atom is 0.0771 e. The van der Waals surface area contributed by atoms with Crippen LogP contribution in [-0.4, -0.2) is 30.0 Å². The van der Waals surface area contributed by atoms with Gasteiger partial charge in [-0.1, -0.05) is 24.3 Å². The molecule has 0 aliphatic carbocycles. The van der Waals surface area contributed by atoms with Gasteiger partial charge in [0, 0.05) is 59.7 Å². The van der Waals surface area contributed by atoms with E-state index >= 15 is 0 Å². The van der Waals surface area contributed by atoms with Crippen LogP contribution < -0.4 is 0 Å². The SMILES string of the molecule is [3H]C[C@H]1O[CH-]C(OC/C=C/C=C/C)[C@H]1O.[U].[W]. The Kier molecular flexibility index (Phi) is 12.0. The van der Waals surface area contributed by atoms with E-state index in [2.05, 4.69) is 0 Å². The summed E-state index contributed by atoms with van der Waals surface area (Å²) >= 11 is 0. The Balaban J connectivity index is 0. The van der Waals surface area contributed by atoms with Gasteiger partial charge < -0.3 is 14.6 Å². The van der Waals surface area contributed by atoms with Crippen molar-refractivity contribution in [1.82, 2.24) is 0 Å². The van der Waals surface area contributed by atoms with Gasteiger partial charge in [0.15, 0.2) is 0 Å². The summed E-state index contributed by atoms with van der Waals surface area (Å²) in [7, 11) is 0. The van der Waals surface area contributed by atoms with E-state index in [-0.39, 0.29) is 59.1 Å². The van der Waals surface area contributed by atoms with Crippen molar-refractivity contribution in [1.29, 1.82) is 0 Å². The molecule has 16 heavy (non-hydrogen) atoms. The van der Waals surface area contributed by atoms with E-state index in [9.17, 15) is 5.11 Å². The third-order valence-corrected chi connectivity index (χ3v) is 1.93. The standard InChI is InChI=1S/C11H17O3.U.W/c1-3-4-5-6-7-13-10-8-14-9(2)11(10)12;;/h3-6,8-12H,7H2,1-2H3;;/q-1;;/b4-3+,6-5+;;/t9-,10?,11+;;/m1../s1/i2T;;. The normalized spacial score (nSPS) is 30.1. The van der Waals surface area contributed by atoms with E-state index in [1.165, 1.54) is 6.61 Å². The van der Waals surface area contributed by atoms with E-state index in [4.69, 9.17) is 10.8 Å². The fraction of sp³-hybridized carbons (Fsp3) is 0.545. The van der Waals surface area contributed by atoms with Gasteiger partial charge in [-0.25, -0.2) is 0 Å². The first-order chi connectivity index (χ1) is 7.29. The number of aliphatic hydroxyl groups excluding tert-OH is 1. The molecule has 1 fully saturated rings. The Morgan fingerprint density at radius 2 is 2.31 bits per heavy atom. The fourth-order valence-electron chi connectivity index (χ4n) is 1.10. The Morgan fingerprint density at radius 1 is 1.56 bits per heavy atom. The van der Waals surface area contributed by atoms with Crippen LogP contribution in [0.2, 0.25) is 0 Å². The largest absolute Gasteiger partial charge is 0.545 e. The van der Waals surface area contributed by atoms with Crippen molar-refractivity contribution >= 4 is 0 Å². The minimum Gasteiger partial charge on any atom is -0.545 e. The maximum atomic E-state index is 9.61. The number of hydrogen-bond donors (Lipinski definition) is 1. The van der Waals surface area contributed by atoms with Crippen LogP contribution in [0.1, 0.15) is 15.2 Å². The third kappa shape index (κ3) is 6.74. The Bertz CT molecular complexity index is 239. The van der Waals surface area contributed by atoms with Crippen LogP contribution in [0.3, 0.4) is 0 Å². The first-order valence-corrected chi connectivity index (χ1v) is 4.65. The van der Waals surface area contributed by atoms with Crippen molar-refractivity contribution < 1.29 is 68.1 Å². The molecule has 5 heteroatoms. The van der Waals surface area contributed by atoms with Crippen LogP contribution in [0.15, 0.2) is 24.3 Å². The van der Waals surface area contributed by atoms with Gasteiger partial charge in [-0.3, -0.25) is 0 Å².